The van der Waals surface area contributed by atoms with Crippen molar-refractivity contribution in [3.05, 3.63) is 0 Å². The van der Waals surface area contributed by atoms with E-state index in [9.17, 15) is 0 Å². The molecule has 1 fully saturated rings. The minimum atomic E-state index is 0.472. The zero-order chi connectivity index (χ0) is 13.6. The summed E-state index contributed by atoms with van der Waals surface area (Å²) in [6.07, 6.45) is 5.21. The number of nitrogens with one attached hydrogen (secondary N) is 1. The van der Waals surface area contributed by atoms with Crippen molar-refractivity contribution >= 4 is 0 Å². The molecule has 0 bridgehead atoms. The predicted octanol–water partition coefficient (Wildman–Crippen LogP) is 2.04. The summed E-state index contributed by atoms with van der Waals surface area (Å²) in [4.78, 5) is 5.07. The molecule has 0 aromatic carbocycles. The van der Waals surface area contributed by atoms with Crippen LogP contribution in [0.5, 0.6) is 0 Å². The molecule has 1 heterocycles. The number of hydrogen-bond acceptors (Lipinski definition) is 3. The van der Waals surface area contributed by atoms with Crippen LogP contribution in [0.1, 0.15) is 39.5 Å². The molecular formula is C15H33N3. The van der Waals surface area contributed by atoms with Gasteiger partial charge in [-0.2, -0.15) is 0 Å². The molecule has 3 nitrogen and oxygen atoms in total. The van der Waals surface area contributed by atoms with E-state index in [1.165, 1.54) is 45.3 Å². The van der Waals surface area contributed by atoms with E-state index in [1.807, 2.05) is 0 Å². The number of nitrogens with zero attached hydrogens (tertiary/aromatic N) is 2. The van der Waals surface area contributed by atoms with Gasteiger partial charge >= 0.3 is 0 Å². The molecule has 1 N–H and O–H groups in total. The van der Waals surface area contributed by atoms with E-state index in [4.69, 9.17) is 0 Å². The largest absolute Gasteiger partial charge is 0.319 e. The lowest BCUT2D eigenvalue weighted by molar-refractivity contribution is 0.0882. The lowest BCUT2D eigenvalue weighted by atomic mass is 9.81. The van der Waals surface area contributed by atoms with Crippen molar-refractivity contribution in [2.24, 2.45) is 5.41 Å². The van der Waals surface area contributed by atoms with Crippen molar-refractivity contribution in [1.29, 1.82) is 0 Å². The predicted molar refractivity (Wildman–Crippen MR) is 80.1 cm³/mol. The Morgan fingerprint density at radius 2 is 1.72 bits per heavy atom. The van der Waals surface area contributed by atoms with Crippen molar-refractivity contribution < 1.29 is 0 Å². The maximum absolute atomic E-state index is 3.39. The van der Waals surface area contributed by atoms with Gasteiger partial charge < -0.3 is 15.1 Å². The monoisotopic (exact) mass is 255 g/mol. The van der Waals surface area contributed by atoms with Crippen molar-refractivity contribution in [3.63, 3.8) is 0 Å². The molecule has 0 radical (unpaired) electrons. The summed E-state index contributed by atoms with van der Waals surface area (Å²) in [7, 11) is 6.51. The summed E-state index contributed by atoms with van der Waals surface area (Å²) >= 11 is 0. The van der Waals surface area contributed by atoms with E-state index >= 15 is 0 Å². The first-order valence-corrected chi connectivity index (χ1v) is 7.60. The lowest BCUT2D eigenvalue weighted by Crippen LogP contribution is -2.48. The Bertz CT molecular complexity index is 216. The molecule has 0 unspecified atom stereocenters. The van der Waals surface area contributed by atoms with Gasteiger partial charge in [-0.25, -0.2) is 0 Å². The van der Waals surface area contributed by atoms with Gasteiger partial charge in [-0.15, -0.1) is 0 Å². The molecule has 18 heavy (non-hydrogen) atoms. The average molecular weight is 255 g/mol. The molecule has 1 saturated heterocycles. The molecule has 0 saturated carbocycles. The normalized spacial score (nSPS) is 19.7. The summed E-state index contributed by atoms with van der Waals surface area (Å²) < 4.78 is 0. The van der Waals surface area contributed by atoms with E-state index in [0.29, 0.717) is 5.41 Å². The molecule has 0 amide bonds. The second kappa shape index (κ2) is 7.46. The molecule has 1 aliphatic heterocycles. The molecule has 1 rings (SSSR count). The third-order valence-corrected chi connectivity index (χ3v) is 4.90. The van der Waals surface area contributed by atoms with Crippen LogP contribution >= 0.6 is 0 Å². The van der Waals surface area contributed by atoms with Crippen molar-refractivity contribution in [2.75, 3.05) is 47.3 Å². The van der Waals surface area contributed by atoms with Crippen LogP contribution in [0.15, 0.2) is 0 Å². The first-order chi connectivity index (χ1) is 8.56. The van der Waals surface area contributed by atoms with E-state index in [-0.39, 0.29) is 0 Å². The molecule has 0 spiro atoms. The fourth-order valence-corrected chi connectivity index (χ4v) is 3.22. The van der Waals surface area contributed by atoms with Gasteiger partial charge in [0, 0.05) is 19.1 Å². The maximum atomic E-state index is 3.39. The van der Waals surface area contributed by atoms with Crippen LogP contribution in [0.2, 0.25) is 0 Å². The van der Waals surface area contributed by atoms with Gasteiger partial charge in [0.15, 0.2) is 0 Å². The molecule has 3 heteroatoms. The maximum Gasteiger partial charge on any atom is 0.0113 e. The lowest BCUT2D eigenvalue weighted by Gasteiger charge is -2.41. The SMILES string of the molecule is CCC(CC)(CNC)CN1CCC(N(C)C)CC1. The fourth-order valence-electron chi connectivity index (χ4n) is 3.22. The standard InChI is InChI=1S/C15H33N3/c1-6-15(7-2,12-16-3)13-18-10-8-14(9-11-18)17(4)5/h14,16H,6-13H2,1-5H3. The van der Waals surface area contributed by atoms with Crippen LogP contribution in [0.4, 0.5) is 0 Å². The van der Waals surface area contributed by atoms with Crippen molar-refractivity contribution in [1.82, 2.24) is 15.1 Å². The van der Waals surface area contributed by atoms with Crippen LogP contribution in [-0.4, -0.2) is 63.2 Å². The van der Waals surface area contributed by atoms with Gasteiger partial charge in [-0.05, 0) is 65.3 Å². The van der Waals surface area contributed by atoms with Crippen LogP contribution in [0.3, 0.4) is 0 Å². The smallest absolute Gasteiger partial charge is 0.0113 e. The third kappa shape index (κ3) is 4.22. The van der Waals surface area contributed by atoms with E-state index in [2.05, 4.69) is 50.1 Å². The number of hydrogen-bond donors (Lipinski definition) is 1. The van der Waals surface area contributed by atoms with Gasteiger partial charge in [0.25, 0.3) is 0 Å². The minimum absolute atomic E-state index is 0.472. The second-order valence-electron chi connectivity index (χ2n) is 6.21. The zero-order valence-corrected chi connectivity index (χ0v) is 13.1. The summed E-state index contributed by atoms with van der Waals surface area (Å²) in [6.45, 7) is 9.64. The molecule has 0 aliphatic carbocycles. The average Bonchev–Trinajstić information content (AvgIpc) is 2.38. The quantitative estimate of drug-likeness (QED) is 0.751. The Labute approximate surface area is 114 Å². The summed E-state index contributed by atoms with van der Waals surface area (Å²) in [5, 5.41) is 3.39. The van der Waals surface area contributed by atoms with E-state index in [0.717, 1.165) is 12.6 Å². The third-order valence-electron chi connectivity index (χ3n) is 4.90. The molecular weight excluding hydrogens is 222 g/mol. The van der Waals surface area contributed by atoms with Gasteiger partial charge in [0.1, 0.15) is 0 Å². The number of rotatable bonds is 7. The summed E-state index contributed by atoms with van der Waals surface area (Å²) in [6, 6.07) is 0.795. The number of likely N-dealkylation sites (tertiary alicyclic amines) is 1. The summed E-state index contributed by atoms with van der Waals surface area (Å²) in [5.41, 5.74) is 0.472. The highest BCUT2D eigenvalue weighted by Gasteiger charge is 2.30. The molecule has 0 aromatic rings. The Morgan fingerprint density at radius 3 is 2.11 bits per heavy atom. The van der Waals surface area contributed by atoms with E-state index < -0.39 is 0 Å². The van der Waals surface area contributed by atoms with Crippen LogP contribution in [0.25, 0.3) is 0 Å². The Kier molecular flexibility index (Phi) is 6.61. The van der Waals surface area contributed by atoms with Crippen molar-refractivity contribution in [3.8, 4) is 0 Å². The number of piperidine rings is 1. The second-order valence-corrected chi connectivity index (χ2v) is 6.21. The Balaban J connectivity index is 2.47. The topological polar surface area (TPSA) is 18.5 Å². The molecule has 108 valence electrons. The van der Waals surface area contributed by atoms with Crippen LogP contribution < -0.4 is 5.32 Å². The highest BCUT2D eigenvalue weighted by Crippen LogP contribution is 2.28. The zero-order valence-electron chi connectivity index (χ0n) is 13.1. The summed E-state index contributed by atoms with van der Waals surface area (Å²) in [5.74, 6) is 0. The van der Waals surface area contributed by atoms with Crippen LogP contribution in [0, 0.1) is 5.41 Å². The highest BCUT2D eigenvalue weighted by atomic mass is 15.2. The van der Waals surface area contributed by atoms with Gasteiger partial charge in [-0.1, -0.05) is 13.8 Å². The Morgan fingerprint density at radius 1 is 1.17 bits per heavy atom. The molecule has 0 aromatic heterocycles. The first-order valence-electron chi connectivity index (χ1n) is 7.60. The fraction of sp³-hybridized carbons (Fsp3) is 1.00. The van der Waals surface area contributed by atoms with Gasteiger partial charge in [-0.3, -0.25) is 0 Å². The Hall–Kier alpha value is -0.120. The van der Waals surface area contributed by atoms with E-state index in [1.54, 1.807) is 0 Å². The molecule has 1 aliphatic rings. The van der Waals surface area contributed by atoms with Gasteiger partial charge in [0.05, 0.1) is 0 Å². The van der Waals surface area contributed by atoms with Gasteiger partial charge in [0.2, 0.25) is 0 Å². The first kappa shape index (κ1) is 15.9. The van der Waals surface area contributed by atoms with Crippen molar-refractivity contribution in [2.45, 2.75) is 45.6 Å². The van der Waals surface area contributed by atoms with Crippen LogP contribution in [-0.2, 0) is 0 Å². The molecule has 0 atom stereocenters. The minimum Gasteiger partial charge on any atom is -0.319 e. The highest BCUT2D eigenvalue weighted by molar-refractivity contribution is 4.85.